The molecule has 0 aliphatic rings. The van der Waals surface area contributed by atoms with Crippen LogP contribution >= 0.6 is 0 Å². The summed E-state index contributed by atoms with van der Waals surface area (Å²) in [4.78, 5) is 11.7. The van der Waals surface area contributed by atoms with Crippen molar-refractivity contribution in [3.63, 3.8) is 0 Å². The molecule has 1 amide bonds. The number of nitrogens with zero attached hydrogens (tertiary/aromatic N) is 2. The first-order chi connectivity index (χ1) is 8.65. The summed E-state index contributed by atoms with van der Waals surface area (Å²) in [5.41, 5.74) is 0.798. The summed E-state index contributed by atoms with van der Waals surface area (Å²) in [5.74, 6) is -0.744. The highest BCUT2D eigenvalue weighted by molar-refractivity contribution is 5.94. The van der Waals surface area contributed by atoms with Crippen LogP contribution in [0.25, 0.3) is 0 Å². The van der Waals surface area contributed by atoms with E-state index in [-0.39, 0.29) is 23.6 Å². The van der Waals surface area contributed by atoms with E-state index in [1.54, 1.807) is 18.3 Å². The van der Waals surface area contributed by atoms with Gasteiger partial charge in [0.1, 0.15) is 11.5 Å². The number of carbonyl (C=O) groups excluding carboxylic acids is 1. The number of hydrogen-bond acceptors (Lipinski definition) is 5. The van der Waals surface area contributed by atoms with E-state index in [0.29, 0.717) is 5.69 Å². The fourth-order valence-electron chi connectivity index (χ4n) is 1.43. The van der Waals surface area contributed by atoms with Crippen molar-refractivity contribution in [2.24, 2.45) is 0 Å². The maximum Gasteiger partial charge on any atom is 0.251 e. The van der Waals surface area contributed by atoms with E-state index >= 15 is 0 Å². The number of benzene rings is 1. The average Bonchev–Trinajstić information content (AvgIpc) is 2.36. The largest absolute Gasteiger partial charge is 0.508 e. The van der Waals surface area contributed by atoms with Crippen LogP contribution in [0.1, 0.15) is 16.1 Å². The fraction of sp³-hybridized carbons (Fsp3) is 0.0833. The third-order valence-corrected chi connectivity index (χ3v) is 2.22. The van der Waals surface area contributed by atoms with E-state index in [0.717, 1.165) is 6.07 Å². The van der Waals surface area contributed by atoms with Gasteiger partial charge in [0.25, 0.3) is 5.91 Å². The van der Waals surface area contributed by atoms with Gasteiger partial charge in [0, 0.05) is 17.8 Å². The summed E-state index contributed by atoms with van der Waals surface area (Å²) in [6, 6.07) is 7.14. The van der Waals surface area contributed by atoms with E-state index in [1.165, 1.54) is 12.1 Å². The second-order valence-electron chi connectivity index (χ2n) is 3.64. The molecule has 6 nitrogen and oxygen atoms in total. The summed E-state index contributed by atoms with van der Waals surface area (Å²) in [7, 11) is 0. The zero-order valence-electron chi connectivity index (χ0n) is 9.37. The van der Waals surface area contributed by atoms with Gasteiger partial charge in [0.2, 0.25) is 0 Å². The predicted molar refractivity (Wildman–Crippen MR) is 63.0 cm³/mol. The van der Waals surface area contributed by atoms with E-state index < -0.39 is 5.91 Å². The van der Waals surface area contributed by atoms with Crippen LogP contribution in [0.4, 0.5) is 0 Å². The summed E-state index contributed by atoms with van der Waals surface area (Å²) in [6.45, 7) is 0.225. The molecule has 0 spiro atoms. The fourth-order valence-corrected chi connectivity index (χ4v) is 1.43. The quantitative estimate of drug-likeness (QED) is 0.744. The summed E-state index contributed by atoms with van der Waals surface area (Å²) in [5, 5.41) is 28.6. The Morgan fingerprint density at radius 3 is 2.56 bits per heavy atom. The van der Waals surface area contributed by atoms with Gasteiger partial charge in [0.15, 0.2) is 0 Å². The van der Waals surface area contributed by atoms with E-state index in [9.17, 15) is 15.0 Å². The minimum atomic E-state index is -0.410. The van der Waals surface area contributed by atoms with Crippen molar-refractivity contribution in [1.82, 2.24) is 15.5 Å². The van der Waals surface area contributed by atoms with Gasteiger partial charge in [-0.15, -0.1) is 0 Å². The van der Waals surface area contributed by atoms with Crippen molar-refractivity contribution in [1.29, 1.82) is 0 Å². The molecule has 18 heavy (non-hydrogen) atoms. The number of rotatable bonds is 3. The minimum absolute atomic E-state index is 0.167. The zero-order valence-corrected chi connectivity index (χ0v) is 9.37. The predicted octanol–water partition coefficient (Wildman–Crippen LogP) is 0.818. The SMILES string of the molecule is O=C(NCc1cccnn1)c1cc(O)cc(O)c1. The van der Waals surface area contributed by atoms with Gasteiger partial charge >= 0.3 is 0 Å². The molecule has 0 fully saturated rings. The Kier molecular flexibility index (Phi) is 3.38. The molecule has 2 rings (SSSR count). The van der Waals surface area contributed by atoms with Gasteiger partial charge in [-0.2, -0.15) is 10.2 Å². The molecule has 92 valence electrons. The summed E-state index contributed by atoms with van der Waals surface area (Å²) in [6.07, 6.45) is 1.54. The van der Waals surface area contributed by atoms with E-state index in [4.69, 9.17) is 0 Å². The summed E-state index contributed by atoms with van der Waals surface area (Å²) >= 11 is 0. The molecular weight excluding hydrogens is 234 g/mol. The lowest BCUT2D eigenvalue weighted by Gasteiger charge is -2.05. The van der Waals surface area contributed by atoms with Crippen molar-refractivity contribution in [2.45, 2.75) is 6.54 Å². The number of carbonyl (C=O) groups is 1. The molecule has 0 atom stereocenters. The number of hydrogen-bond donors (Lipinski definition) is 3. The lowest BCUT2D eigenvalue weighted by Crippen LogP contribution is -2.23. The van der Waals surface area contributed by atoms with Gasteiger partial charge in [-0.3, -0.25) is 4.79 Å². The third-order valence-electron chi connectivity index (χ3n) is 2.22. The monoisotopic (exact) mass is 245 g/mol. The number of phenolic OH excluding ortho intramolecular Hbond substituents is 2. The van der Waals surface area contributed by atoms with Crippen molar-refractivity contribution >= 4 is 5.91 Å². The summed E-state index contributed by atoms with van der Waals surface area (Å²) < 4.78 is 0. The zero-order chi connectivity index (χ0) is 13.0. The Labute approximate surface area is 103 Å². The Morgan fingerprint density at radius 2 is 1.94 bits per heavy atom. The van der Waals surface area contributed by atoms with Crippen LogP contribution in [0.15, 0.2) is 36.5 Å². The highest BCUT2D eigenvalue weighted by Gasteiger charge is 2.08. The van der Waals surface area contributed by atoms with Crippen LogP contribution < -0.4 is 5.32 Å². The maximum absolute atomic E-state index is 11.7. The molecule has 0 aliphatic heterocycles. The number of phenols is 2. The molecule has 0 saturated carbocycles. The number of amides is 1. The Bertz CT molecular complexity index is 537. The number of aromatic hydroxyl groups is 2. The van der Waals surface area contributed by atoms with Crippen molar-refractivity contribution in [3.05, 3.63) is 47.8 Å². The standard InChI is InChI=1S/C12H11N3O3/c16-10-4-8(5-11(17)6-10)12(18)13-7-9-2-1-3-14-15-9/h1-6,16-17H,7H2,(H,13,18). The van der Waals surface area contributed by atoms with Gasteiger partial charge in [-0.1, -0.05) is 0 Å². The van der Waals surface area contributed by atoms with Crippen LogP contribution in [0.2, 0.25) is 0 Å². The molecule has 1 aromatic heterocycles. The van der Waals surface area contributed by atoms with Gasteiger partial charge in [0.05, 0.1) is 12.2 Å². The molecule has 1 aromatic carbocycles. The Hall–Kier alpha value is -2.63. The topological polar surface area (TPSA) is 95.3 Å². The highest BCUT2D eigenvalue weighted by Crippen LogP contribution is 2.20. The van der Waals surface area contributed by atoms with Crippen LogP contribution in [-0.2, 0) is 6.54 Å². The minimum Gasteiger partial charge on any atom is -0.508 e. The molecule has 0 radical (unpaired) electrons. The highest BCUT2D eigenvalue weighted by atomic mass is 16.3. The van der Waals surface area contributed by atoms with E-state index in [2.05, 4.69) is 15.5 Å². The van der Waals surface area contributed by atoms with Crippen molar-refractivity contribution in [2.75, 3.05) is 0 Å². The molecule has 0 bridgehead atoms. The van der Waals surface area contributed by atoms with E-state index in [1.807, 2.05) is 0 Å². The molecule has 2 aromatic rings. The first-order valence-electron chi connectivity index (χ1n) is 5.23. The lowest BCUT2D eigenvalue weighted by molar-refractivity contribution is 0.0949. The Balaban J connectivity index is 2.04. The molecule has 1 heterocycles. The molecule has 6 heteroatoms. The average molecular weight is 245 g/mol. The first kappa shape index (κ1) is 11.8. The normalized spacial score (nSPS) is 10.0. The van der Waals surface area contributed by atoms with Gasteiger partial charge < -0.3 is 15.5 Å². The first-order valence-corrected chi connectivity index (χ1v) is 5.23. The molecule has 0 saturated heterocycles. The third kappa shape index (κ3) is 2.94. The van der Waals surface area contributed by atoms with Gasteiger partial charge in [-0.25, -0.2) is 0 Å². The van der Waals surface area contributed by atoms with Crippen LogP contribution in [0.3, 0.4) is 0 Å². The second kappa shape index (κ2) is 5.13. The molecular formula is C12H11N3O3. The smallest absolute Gasteiger partial charge is 0.251 e. The van der Waals surface area contributed by atoms with Crippen molar-refractivity contribution < 1.29 is 15.0 Å². The van der Waals surface area contributed by atoms with Crippen LogP contribution in [-0.4, -0.2) is 26.3 Å². The molecule has 3 N–H and O–H groups in total. The number of nitrogens with one attached hydrogen (secondary N) is 1. The maximum atomic E-state index is 11.7. The van der Waals surface area contributed by atoms with Crippen LogP contribution in [0, 0.1) is 0 Å². The lowest BCUT2D eigenvalue weighted by atomic mass is 10.2. The van der Waals surface area contributed by atoms with Crippen LogP contribution in [0.5, 0.6) is 11.5 Å². The second-order valence-corrected chi connectivity index (χ2v) is 3.64. The molecule has 0 unspecified atom stereocenters. The number of aromatic nitrogens is 2. The van der Waals surface area contributed by atoms with Gasteiger partial charge in [-0.05, 0) is 24.3 Å². The van der Waals surface area contributed by atoms with Crippen molar-refractivity contribution in [3.8, 4) is 11.5 Å². The molecule has 0 aliphatic carbocycles. The Morgan fingerprint density at radius 1 is 1.22 bits per heavy atom.